The second kappa shape index (κ2) is 6.34. The van der Waals surface area contributed by atoms with Crippen LogP contribution in [0, 0.1) is 15.9 Å². The zero-order valence-electron chi connectivity index (χ0n) is 12.8. The van der Waals surface area contributed by atoms with E-state index >= 15 is 0 Å². The van der Waals surface area contributed by atoms with Gasteiger partial charge >= 0.3 is 0 Å². The molecule has 2 nitrogen and oxygen atoms in total. The highest BCUT2D eigenvalue weighted by Crippen LogP contribution is 2.44. The lowest BCUT2D eigenvalue weighted by atomic mass is 9.89. The number of aromatic nitrogens is 2. The van der Waals surface area contributed by atoms with Crippen LogP contribution in [0.25, 0.3) is 11.3 Å². The van der Waals surface area contributed by atoms with Gasteiger partial charge in [0.25, 0.3) is 0 Å². The van der Waals surface area contributed by atoms with Crippen molar-refractivity contribution in [2.75, 3.05) is 0 Å². The number of hydrogen-bond donors (Lipinski definition) is 0. The summed E-state index contributed by atoms with van der Waals surface area (Å²) in [5.74, 6) is 1.51. The van der Waals surface area contributed by atoms with Crippen LogP contribution in [-0.2, 0) is 6.54 Å². The SMILES string of the molecule is Ic1c(C2CC2)nn(CC2CC[CH]CC2)c1-c1ccccc1. The maximum atomic E-state index is 5.04. The molecule has 1 radical (unpaired) electrons. The number of hydrogen-bond acceptors (Lipinski definition) is 1. The molecule has 1 heterocycles. The quantitative estimate of drug-likeness (QED) is 0.621. The Bertz CT molecular complexity index is 637. The van der Waals surface area contributed by atoms with Gasteiger partial charge in [0, 0.05) is 18.0 Å². The lowest BCUT2D eigenvalue weighted by Crippen LogP contribution is -2.16. The molecule has 1 aromatic carbocycles. The van der Waals surface area contributed by atoms with E-state index in [4.69, 9.17) is 5.10 Å². The molecule has 2 saturated carbocycles. The van der Waals surface area contributed by atoms with Crippen molar-refractivity contribution >= 4 is 22.6 Å². The standard InChI is InChI=1S/C19H22IN2/c20-17-18(15-11-12-15)21-22(13-14-7-3-1-4-8-14)19(17)16-9-5-2-6-10-16/h1-2,5-6,9-10,14-15H,3-4,7-8,11-13H2. The van der Waals surface area contributed by atoms with E-state index < -0.39 is 0 Å². The Hall–Kier alpha value is -0.840. The summed E-state index contributed by atoms with van der Waals surface area (Å²) in [4.78, 5) is 0. The van der Waals surface area contributed by atoms with E-state index in [1.54, 1.807) is 0 Å². The first kappa shape index (κ1) is 14.7. The number of rotatable bonds is 4. The molecule has 0 atom stereocenters. The van der Waals surface area contributed by atoms with Gasteiger partial charge in [0.2, 0.25) is 0 Å². The van der Waals surface area contributed by atoms with Gasteiger partial charge in [0.1, 0.15) is 0 Å². The Morgan fingerprint density at radius 1 is 1.05 bits per heavy atom. The van der Waals surface area contributed by atoms with Crippen LogP contribution in [-0.4, -0.2) is 9.78 Å². The smallest absolute Gasteiger partial charge is 0.0819 e. The number of benzene rings is 1. The normalized spacial score (nSPS) is 19.5. The van der Waals surface area contributed by atoms with Gasteiger partial charge in [-0.05, 0) is 73.5 Å². The molecule has 2 aromatic rings. The second-order valence-corrected chi connectivity index (χ2v) is 7.76. The molecular weight excluding hydrogens is 383 g/mol. The largest absolute Gasteiger partial charge is 0.263 e. The highest BCUT2D eigenvalue weighted by atomic mass is 127. The second-order valence-electron chi connectivity index (χ2n) is 6.68. The molecule has 2 aliphatic carbocycles. The minimum atomic E-state index is 0.718. The number of halogens is 1. The highest BCUT2D eigenvalue weighted by Gasteiger charge is 2.31. The zero-order valence-corrected chi connectivity index (χ0v) is 15.0. The molecule has 1 aromatic heterocycles. The summed E-state index contributed by atoms with van der Waals surface area (Å²) in [6, 6.07) is 10.8. The summed E-state index contributed by atoms with van der Waals surface area (Å²) in [6.07, 6.45) is 10.3. The van der Waals surface area contributed by atoms with Crippen molar-refractivity contribution in [1.82, 2.24) is 9.78 Å². The van der Waals surface area contributed by atoms with E-state index in [2.05, 4.69) is 64.0 Å². The van der Waals surface area contributed by atoms with Gasteiger partial charge in [-0.25, -0.2) is 0 Å². The third-order valence-corrected chi connectivity index (χ3v) is 5.98. The van der Waals surface area contributed by atoms with Crippen LogP contribution in [0.4, 0.5) is 0 Å². The van der Waals surface area contributed by atoms with E-state index in [1.165, 1.54) is 59.0 Å². The molecule has 3 heteroatoms. The average Bonchev–Trinajstić information content (AvgIpc) is 3.34. The first-order valence-electron chi connectivity index (χ1n) is 8.46. The lowest BCUT2D eigenvalue weighted by Gasteiger charge is -2.22. The van der Waals surface area contributed by atoms with Crippen molar-refractivity contribution in [3.63, 3.8) is 0 Å². The van der Waals surface area contributed by atoms with E-state index in [0.717, 1.165) is 18.4 Å². The highest BCUT2D eigenvalue weighted by molar-refractivity contribution is 14.1. The van der Waals surface area contributed by atoms with Crippen LogP contribution < -0.4 is 0 Å². The van der Waals surface area contributed by atoms with Crippen LogP contribution in [0.3, 0.4) is 0 Å². The maximum Gasteiger partial charge on any atom is 0.0819 e. The Morgan fingerprint density at radius 3 is 2.45 bits per heavy atom. The van der Waals surface area contributed by atoms with E-state index in [9.17, 15) is 0 Å². The van der Waals surface area contributed by atoms with Gasteiger partial charge in [-0.1, -0.05) is 30.3 Å². The van der Waals surface area contributed by atoms with E-state index in [0.29, 0.717) is 0 Å². The monoisotopic (exact) mass is 405 g/mol. The summed E-state index contributed by atoms with van der Waals surface area (Å²) < 4.78 is 3.70. The molecule has 0 bridgehead atoms. The summed E-state index contributed by atoms with van der Waals surface area (Å²) >= 11 is 2.53. The van der Waals surface area contributed by atoms with Crippen molar-refractivity contribution in [1.29, 1.82) is 0 Å². The fraction of sp³-hybridized carbons (Fsp3) is 0.474. The minimum Gasteiger partial charge on any atom is -0.263 e. The molecule has 115 valence electrons. The third-order valence-electron chi connectivity index (χ3n) is 4.92. The van der Waals surface area contributed by atoms with Crippen LogP contribution in [0.5, 0.6) is 0 Å². The Morgan fingerprint density at radius 2 is 1.77 bits per heavy atom. The number of nitrogens with zero attached hydrogens (tertiary/aromatic N) is 2. The molecular formula is C19H22IN2. The van der Waals surface area contributed by atoms with E-state index in [1.807, 2.05) is 0 Å². The predicted molar refractivity (Wildman–Crippen MR) is 98.6 cm³/mol. The van der Waals surface area contributed by atoms with Gasteiger partial charge in [-0.15, -0.1) is 0 Å². The fourth-order valence-electron chi connectivity index (χ4n) is 3.50. The summed E-state index contributed by atoms with van der Waals surface area (Å²) in [5.41, 5.74) is 4.01. The molecule has 0 saturated heterocycles. The van der Waals surface area contributed by atoms with Gasteiger partial charge in [0.15, 0.2) is 0 Å². The van der Waals surface area contributed by atoms with E-state index in [-0.39, 0.29) is 0 Å². The predicted octanol–water partition coefficient (Wildman–Crippen LogP) is 5.43. The Kier molecular flexibility index (Phi) is 4.25. The molecule has 2 fully saturated rings. The first-order valence-corrected chi connectivity index (χ1v) is 9.54. The molecule has 4 rings (SSSR count). The first-order chi connectivity index (χ1) is 10.8. The molecule has 22 heavy (non-hydrogen) atoms. The summed E-state index contributed by atoms with van der Waals surface area (Å²) in [6.45, 7) is 1.08. The van der Waals surface area contributed by atoms with Gasteiger partial charge in [0.05, 0.1) is 15.0 Å². The van der Waals surface area contributed by atoms with Crippen molar-refractivity contribution in [3.8, 4) is 11.3 Å². The van der Waals surface area contributed by atoms with Crippen molar-refractivity contribution in [3.05, 3.63) is 46.0 Å². The Balaban J connectivity index is 1.70. The average molecular weight is 405 g/mol. The van der Waals surface area contributed by atoms with Crippen molar-refractivity contribution < 1.29 is 0 Å². The molecule has 0 unspecified atom stereocenters. The lowest BCUT2D eigenvalue weighted by molar-refractivity contribution is 0.341. The Labute approximate surface area is 146 Å². The van der Waals surface area contributed by atoms with Crippen LogP contribution in [0.2, 0.25) is 0 Å². The fourth-order valence-corrected chi connectivity index (χ4v) is 4.64. The van der Waals surface area contributed by atoms with Gasteiger partial charge in [-0.3, -0.25) is 4.68 Å². The molecule has 2 aliphatic rings. The topological polar surface area (TPSA) is 17.8 Å². The van der Waals surface area contributed by atoms with Crippen molar-refractivity contribution in [2.45, 2.75) is 51.0 Å². The summed E-state index contributed by atoms with van der Waals surface area (Å²) in [7, 11) is 0. The molecule has 0 aliphatic heterocycles. The van der Waals surface area contributed by atoms with Crippen LogP contribution >= 0.6 is 22.6 Å². The molecule has 0 amide bonds. The van der Waals surface area contributed by atoms with Crippen LogP contribution in [0.15, 0.2) is 30.3 Å². The van der Waals surface area contributed by atoms with Crippen molar-refractivity contribution in [2.24, 2.45) is 5.92 Å². The molecule has 0 spiro atoms. The minimum absolute atomic E-state index is 0.718. The third kappa shape index (κ3) is 2.97. The maximum absolute atomic E-state index is 5.04. The molecule has 0 N–H and O–H groups in total. The van der Waals surface area contributed by atoms with Crippen LogP contribution in [0.1, 0.15) is 50.1 Å². The van der Waals surface area contributed by atoms with Gasteiger partial charge in [-0.2, -0.15) is 5.10 Å². The zero-order chi connectivity index (χ0) is 14.9. The summed E-state index contributed by atoms with van der Waals surface area (Å²) in [5, 5.41) is 5.04. The van der Waals surface area contributed by atoms with Gasteiger partial charge < -0.3 is 0 Å².